The molecule has 0 bridgehead atoms. The van der Waals surface area contributed by atoms with Crippen molar-refractivity contribution in [1.82, 2.24) is 0 Å². The molecule has 1 aromatic heterocycles. The number of pyridine rings is 1. The fraction of sp³-hybridized carbons (Fsp3) is 0.643. The largest absolute Gasteiger partial charge is 0.205 e. The summed E-state index contributed by atoms with van der Waals surface area (Å²) < 4.78 is 2.17. The van der Waals surface area contributed by atoms with E-state index in [1.807, 2.05) is 24.5 Å². The average Bonchev–Trinajstić information content (AvgIpc) is 2.36. The normalized spacial score (nSPS) is 10.4. The minimum atomic E-state index is 0.276. The third-order valence-corrected chi connectivity index (χ3v) is 2.98. The fourth-order valence-corrected chi connectivity index (χ4v) is 1.89. The lowest BCUT2D eigenvalue weighted by Gasteiger charge is -1.99. The Morgan fingerprint density at radius 1 is 1.06 bits per heavy atom. The van der Waals surface area contributed by atoms with Crippen LogP contribution >= 0.6 is 0 Å². The molecule has 0 saturated carbocycles. The molecule has 3 nitrogen and oxygen atoms in total. The molecule has 3 heteroatoms. The minimum Gasteiger partial charge on any atom is -0.205 e. The van der Waals surface area contributed by atoms with Crippen LogP contribution in [-0.2, 0) is 13.1 Å². The van der Waals surface area contributed by atoms with Gasteiger partial charge in [-0.05, 0) is 12.0 Å². The molecule has 0 aliphatic carbocycles. The maximum atomic E-state index is 10.1. The summed E-state index contributed by atoms with van der Waals surface area (Å²) in [7, 11) is 0. The van der Waals surface area contributed by atoms with Crippen LogP contribution in [0.1, 0.15) is 51.0 Å². The number of rotatable bonds is 9. The van der Waals surface area contributed by atoms with E-state index < -0.39 is 0 Å². The predicted molar refractivity (Wildman–Crippen MR) is 69.5 cm³/mol. The van der Waals surface area contributed by atoms with Gasteiger partial charge in [0.15, 0.2) is 12.4 Å². The van der Waals surface area contributed by atoms with Gasteiger partial charge in [0.25, 0.3) is 0 Å². The molecular weight excluding hydrogens is 212 g/mol. The third kappa shape index (κ3) is 6.15. The zero-order valence-electron chi connectivity index (χ0n) is 10.8. The SMILES string of the molecule is CCCCCCCC[n+]1ccc(CN=O)cc1. The Labute approximate surface area is 104 Å². The van der Waals surface area contributed by atoms with Gasteiger partial charge in [-0.2, -0.15) is 4.91 Å². The molecule has 0 saturated heterocycles. The van der Waals surface area contributed by atoms with Crippen molar-refractivity contribution in [3.05, 3.63) is 35.0 Å². The molecule has 1 aromatic rings. The number of nitrogens with zero attached hydrogens (tertiary/aromatic N) is 2. The zero-order chi connectivity index (χ0) is 12.3. The lowest BCUT2D eigenvalue weighted by atomic mass is 10.1. The zero-order valence-corrected chi connectivity index (χ0v) is 10.8. The summed E-state index contributed by atoms with van der Waals surface area (Å²) in [6.45, 7) is 3.59. The van der Waals surface area contributed by atoms with Crippen molar-refractivity contribution in [3.8, 4) is 0 Å². The molecule has 0 amide bonds. The van der Waals surface area contributed by atoms with E-state index in [0.29, 0.717) is 0 Å². The van der Waals surface area contributed by atoms with Crippen molar-refractivity contribution in [2.45, 2.75) is 58.5 Å². The van der Waals surface area contributed by atoms with Crippen molar-refractivity contribution < 1.29 is 4.57 Å². The second kappa shape index (κ2) is 8.85. The van der Waals surface area contributed by atoms with Gasteiger partial charge >= 0.3 is 0 Å². The number of unbranched alkanes of at least 4 members (excludes halogenated alkanes) is 5. The maximum absolute atomic E-state index is 10.1. The first-order valence-corrected chi connectivity index (χ1v) is 6.64. The Balaban J connectivity index is 2.16. The summed E-state index contributed by atoms with van der Waals surface area (Å²) in [5.74, 6) is 0. The predicted octanol–water partition coefficient (Wildman–Crippen LogP) is 3.60. The monoisotopic (exact) mass is 235 g/mol. The molecule has 17 heavy (non-hydrogen) atoms. The maximum Gasteiger partial charge on any atom is 0.169 e. The molecule has 0 radical (unpaired) electrons. The molecule has 1 rings (SSSR count). The van der Waals surface area contributed by atoms with Crippen LogP contribution < -0.4 is 4.57 Å². The highest BCUT2D eigenvalue weighted by Crippen LogP contribution is 2.04. The van der Waals surface area contributed by atoms with Crippen LogP contribution in [0, 0.1) is 4.91 Å². The Morgan fingerprint density at radius 3 is 2.35 bits per heavy atom. The summed E-state index contributed by atoms with van der Waals surface area (Å²) in [6.07, 6.45) is 12.0. The highest BCUT2D eigenvalue weighted by atomic mass is 16.3. The van der Waals surface area contributed by atoms with E-state index in [-0.39, 0.29) is 6.54 Å². The van der Waals surface area contributed by atoms with Crippen molar-refractivity contribution >= 4 is 0 Å². The van der Waals surface area contributed by atoms with Gasteiger partial charge in [0.2, 0.25) is 0 Å². The first-order chi connectivity index (χ1) is 8.36. The van der Waals surface area contributed by atoms with Crippen LogP contribution in [0.15, 0.2) is 29.7 Å². The first-order valence-electron chi connectivity index (χ1n) is 6.64. The smallest absolute Gasteiger partial charge is 0.169 e. The lowest BCUT2D eigenvalue weighted by molar-refractivity contribution is -0.697. The Kier molecular flexibility index (Phi) is 7.19. The molecule has 0 fully saturated rings. The topological polar surface area (TPSA) is 33.3 Å². The van der Waals surface area contributed by atoms with Crippen LogP contribution in [0.2, 0.25) is 0 Å². The molecule has 94 valence electrons. The van der Waals surface area contributed by atoms with Crippen LogP contribution in [0.5, 0.6) is 0 Å². The summed E-state index contributed by atoms with van der Waals surface area (Å²) in [5.41, 5.74) is 0.985. The summed E-state index contributed by atoms with van der Waals surface area (Å²) >= 11 is 0. The fourth-order valence-electron chi connectivity index (χ4n) is 1.89. The molecular formula is C14H23N2O+. The van der Waals surface area contributed by atoms with Gasteiger partial charge in [-0.1, -0.05) is 37.8 Å². The van der Waals surface area contributed by atoms with E-state index >= 15 is 0 Å². The molecule has 0 N–H and O–H groups in total. The molecule has 0 aromatic carbocycles. The van der Waals surface area contributed by atoms with E-state index in [0.717, 1.165) is 12.1 Å². The third-order valence-electron chi connectivity index (χ3n) is 2.98. The van der Waals surface area contributed by atoms with Crippen molar-refractivity contribution in [2.24, 2.45) is 5.18 Å². The first kappa shape index (κ1) is 13.8. The molecule has 1 heterocycles. The molecule has 0 unspecified atom stereocenters. The van der Waals surface area contributed by atoms with Gasteiger partial charge in [-0.3, -0.25) is 0 Å². The van der Waals surface area contributed by atoms with Gasteiger partial charge < -0.3 is 0 Å². The lowest BCUT2D eigenvalue weighted by Crippen LogP contribution is -2.32. The number of aryl methyl sites for hydroxylation is 1. The van der Waals surface area contributed by atoms with Gasteiger partial charge in [-0.25, -0.2) is 4.57 Å². The van der Waals surface area contributed by atoms with Crippen molar-refractivity contribution in [1.29, 1.82) is 0 Å². The summed E-state index contributed by atoms with van der Waals surface area (Å²) in [6, 6.07) is 3.94. The van der Waals surface area contributed by atoms with E-state index in [2.05, 4.69) is 16.7 Å². The number of hydrogen-bond donors (Lipinski definition) is 0. The molecule has 0 aliphatic heterocycles. The Hall–Kier alpha value is -1.25. The van der Waals surface area contributed by atoms with Gasteiger partial charge in [0.1, 0.15) is 13.1 Å². The van der Waals surface area contributed by atoms with Gasteiger partial charge in [0.05, 0.1) is 0 Å². The van der Waals surface area contributed by atoms with Crippen LogP contribution in [0.4, 0.5) is 0 Å². The highest BCUT2D eigenvalue weighted by Gasteiger charge is 2.00. The van der Waals surface area contributed by atoms with Crippen LogP contribution in [-0.4, -0.2) is 0 Å². The van der Waals surface area contributed by atoms with Crippen LogP contribution in [0.3, 0.4) is 0 Å². The second-order valence-corrected chi connectivity index (χ2v) is 4.50. The van der Waals surface area contributed by atoms with E-state index in [1.54, 1.807) is 0 Å². The number of hydrogen-bond acceptors (Lipinski definition) is 2. The quantitative estimate of drug-likeness (QED) is 0.366. The van der Waals surface area contributed by atoms with Crippen molar-refractivity contribution in [3.63, 3.8) is 0 Å². The number of nitroso groups, excluding NO2 is 1. The Bertz CT molecular complexity index is 309. The van der Waals surface area contributed by atoms with Gasteiger partial charge in [-0.15, -0.1) is 0 Å². The van der Waals surface area contributed by atoms with E-state index in [1.165, 1.54) is 38.5 Å². The Morgan fingerprint density at radius 2 is 1.71 bits per heavy atom. The standard InChI is InChI=1S/C14H23N2O/c1-2-3-4-5-6-7-10-16-11-8-14(9-12-16)13-15-17/h8-9,11-12H,2-7,10,13H2,1H3/q+1. The minimum absolute atomic E-state index is 0.276. The van der Waals surface area contributed by atoms with Crippen LogP contribution in [0.25, 0.3) is 0 Å². The van der Waals surface area contributed by atoms with Crippen molar-refractivity contribution in [2.75, 3.05) is 0 Å². The second-order valence-electron chi connectivity index (χ2n) is 4.50. The molecule has 0 atom stereocenters. The number of aromatic nitrogens is 1. The van der Waals surface area contributed by atoms with E-state index in [4.69, 9.17) is 0 Å². The summed E-state index contributed by atoms with van der Waals surface area (Å²) in [4.78, 5) is 10.1. The average molecular weight is 235 g/mol. The van der Waals surface area contributed by atoms with E-state index in [9.17, 15) is 4.91 Å². The summed E-state index contributed by atoms with van der Waals surface area (Å²) in [5, 5.41) is 2.88. The molecule has 0 spiro atoms. The highest BCUT2D eigenvalue weighted by molar-refractivity contribution is 5.06. The van der Waals surface area contributed by atoms with Gasteiger partial charge in [0, 0.05) is 18.6 Å². The molecule has 0 aliphatic rings.